The first-order chi connectivity index (χ1) is 15.3. The van der Waals surface area contributed by atoms with Gasteiger partial charge in [0.05, 0.1) is 12.7 Å². The van der Waals surface area contributed by atoms with Crippen LogP contribution < -0.4 is 5.32 Å². The Kier molecular flexibility index (Phi) is 6.09. The van der Waals surface area contributed by atoms with E-state index in [-0.39, 0.29) is 23.6 Å². The van der Waals surface area contributed by atoms with Gasteiger partial charge < -0.3 is 19.9 Å². The van der Waals surface area contributed by atoms with E-state index < -0.39 is 23.8 Å². The molecule has 1 aromatic rings. The predicted molar refractivity (Wildman–Crippen MR) is 116 cm³/mol. The summed E-state index contributed by atoms with van der Waals surface area (Å²) in [6.45, 7) is 3.64. The van der Waals surface area contributed by atoms with Gasteiger partial charge in [0.25, 0.3) is 0 Å². The van der Waals surface area contributed by atoms with E-state index >= 15 is 0 Å². The monoisotopic (exact) mass is 439 g/mol. The largest absolute Gasteiger partial charge is 0.508 e. The van der Waals surface area contributed by atoms with Gasteiger partial charge in [0, 0.05) is 22.9 Å². The number of phenols is 1. The van der Waals surface area contributed by atoms with Gasteiger partial charge in [-0.3, -0.25) is 9.59 Å². The molecule has 1 fully saturated rings. The minimum Gasteiger partial charge on any atom is -0.508 e. The van der Waals surface area contributed by atoms with Crippen LogP contribution >= 0.6 is 0 Å². The molecular formula is C25H29NO6. The number of aromatic hydroxyl groups is 1. The summed E-state index contributed by atoms with van der Waals surface area (Å²) in [4.78, 5) is 39.4. The first-order valence-electron chi connectivity index (χ1n) is 11.1. The SMILES string of the molecule is COC(=O)[C@H]1C(=O)C2=C(C[C@@H]1C)NC(C)=C(C(=O)OC1CCCC1)[C@@H]2c1cccc(O)c1. The summed E-state index contributed by atoms with van der Waals surface area (Å²) in [5, 5.41) is 13.4. The van der Waals surface area contributed by atoms with E-state index in [1.807, 2.05) is 6.92 Å². The number of methoxy groups -OCH3 is 1. The molecule has 1 saturated carbocycles. The lowest BCUT2D eigenvalue weighted by atomic mass is 9.69. The number of dihydropyridines is 1. The number of benzene rings is 1. The number of nitrogens with one attached hydrogen (secondary N) is 1. The number of rotatable bonds is 4. The molecule has 0 unspecified atom stereocenters. The molecule has 7 heteroatoms. The summed E-state index contributed by atoms with van der Waals surface area (Å²) in [5.41, 5.74) is 2.63. The second-order valence-corrected chi connectivity index (χ2v) is 8.94. The molecule has 1 aromatic carbocycles. The highest BCUT2D eigenvalue weighted by Gasteiger charge is 2.47. The molecule has 2 N–H and O–H groups in total. The van der Waals surface area contributed by atoms with E-state index in [0.29, 0.717) is 34.5 Å². The average Bonchev–Trinajstić information content (AvgIpc) is 3.25. The van der Waals surface area contributed by atoms with E-state index in [1.54, 1.807) is 25.1 Å². The number of carbonyl (C=O) groups excluding carboxylic acids is 3. The Bertz CT molecular complexity index is 1020. The number of hydrogen-bond donors (Lipinski definition) is 2. The highest BCUT2D eigenvalue weighted by molar-refractivity contribution is 6.12. The number of ketones is 1. The molecule has 0 radical (unpaired) electrons. The molecule has 0 spiro atoms. The zero-order chi connectivity index (χ0) is 23.0. The van der Waals surface area contributed by atoms with Gasteiger partial charge in [0.15, 0.2) is 5.78 Å². The Morgan fingerprint density at radius 1 is 1.19 bits per heavy atom. The fraction of sp³-hybridized carbons (Fsp3) is 0.480. The van der Waals surface area contributed by atoms with Crippen molar-refractivity contribution in [1.82, 2.24) is 5.32 Å². The lowest BCUT2D eigenvalue weighted by Crippen LogP contribution is -2.43. The Morgan fingerprint density at radius 2 is 1.91 bits per heavy atom. The molecule has 1 aliphatic heterocycles. The first-order valence-corrected chi connectivity index (χ1v) is 11.1. The molecule has 3 atom stereocenters. The Morgan fingerprint density at radius 3 is 2.56 bits per heavy atom. The van der Waals surface area contributed by atoms with Crippen molar-refractivity contribution in [3.05, 3.63) is 52.4 Å². The van der Waals surface area contributed by atoms with Crippen molar-refractivity contribution in [2.75, 3.05) is 7.11 Å². The van der Waals surface area contributed by atoms with Crippen LogP contribution in [0.5, 0.6) is 5.75 Å². The maximum Gasteiger partial charge on any atom is 0.337 e. The zero-order valence-corrected chi connectivity index (χ0v) is 18.6. The second-order valence-electron chi connectivity index (χ2n) is 8.94. The van der Waals surface area contributed by atoms with Crippen LogP contribution in [0, 0.1) is 11.8 Å². The van der Waals surface area contributed by atoms with Gasteiger partial charge in [-0.05, 0) is 62.6 Å². The highest BCUT2D eigenvalue weighted by Crippen LogP contribution is 2.46. The van der Waals surface area contributed by atoms with Crippen molar-refractivity contribution < 1.29 is 29.0 Å². The van der Waals surface area contributed by atoms with Crippen molar-refractivity contribution in [2.24, 2.45) is 11.8 Å². The molecule has 0 bridgehead atoms. The Labute approximate surface area is 187 Å². The topological polar surface area (TPSA) is 102 Å². The van der Waals surface area contributed by atoms with Gasteiger partial charge >= 0.3 is 11.9 Å². The molecule has 0 amide bonds. The third-order valence-electron chi connectivity index (χ3n) is 6.74. The van der Waals surface area contributed by atoms with E-state index in [9.17, 15) is 19.5 Å². The van der Waals surface area contributed by atoms with Crippen LogP contribution in [0.2, 0.25) is 0 Å². The minimum absolute atomic E-state index is 0.0329. The summed E-state index contributed by atoms with van der Waals surface area (Å²) < 4.78 is 10.7. The molecule has 2 aliphatic carbocycles. The number of phenolic OH excluding ortho intramolecular Hbond substituents is 1. The fourth-order valence-electron chi connectivity index (χ4n) is 5.21. The van der Waals surface area contributed by atoms with Crippen molar-refractivity contribution in [3.8, 4) is 5.75 Å². The van der Waals surface area contributed by atoms with E-state index in [1.165, 1.54) is 13.2 Å². The van der Waals surface area contributed by atoms with Gasteiger partial charge in [0.1, 0.15) is 17.8 Å². The smallest absolute Gasteiger partial charge is 0.337 e. The number of hydrogen-bond acceptors (Lipinski definition) is 7. The van der Waals surface area contributed by atoms with Crippen LogP contribution in [0.25, 0.3) is 0 Å². The fourth-order valence-corrected chi connectivity index (χ4v) is 5.21. The van der Waals surface area contributed by atoms with Crippen LogP contribution in [0.4, 0.5) is 0 Å². The summed E-state index contributed by atoms with van der Waals surface area (Å²) in [5.74, 6) is -3.29. The second kappa shape index (κ2) is 8.81. The van der Waals surface area contributed by atoms with Crippen LogP contribution in [0.3, 0.4) is 0 Å². The normalized spacial score (nSPS) is 26.0. The molecule has 7 nitrogen and oxygen atoms in total. The van der Waals surface area contributed by atoms with Crippen LogP contribution in [0.1, 0.15) is 57.4 Å². The van der Waals surface area contributed by atoms with Crippen LogP contribution in [-0.2, 0) is 23.9 Å². The summed E-state index contributed by atoms with van der Waals surface area (Å²) in [6, 6.07) is 6.54. The van der Waals surface area contributed by atoms with Crippen molar-refractivity contribution in [3.63, 3.8) is 0 Å². The number of esters is 2. The molecule has 1 heterocycles. The number of carbonyl (C=O) groups is 3. The van der Waals surface area contributed by atoms with Gasteiger partial charge in [-0.15, -0.1) is 0 Å². The number of Topliss-reactive ketones (excluding diaryl/α,β-unsaturated/α-hetero) is 1. The molecular weight excluding hydrogens is 410 g/mol. The Balaban J connectivity index is 1.81. The van der Waals surface area contributed by atoms with Gasteiger partial charge in [-0.1, -0.05) is 19.1 Å². The predicted octanol–water partition coefficient (Wildman–Crippen LogP) is 3.49. The first kappa shape index (κ1) is 22.1. The lowest BCUT2D eigenvalue weighted by molar-refractivity contribution is -0.151. The minimum atomic E-state index is -0.939. The Hall–Kier alpha value is -3.09. The summed E-state index contributed by atoms with van der Waals surface area (Å²) >= 11 is 0. The molecule has 4 rings (SSSR count). The van der Waals surface area contributed by atoms with E-state index in [0.717, 1.165) is 25.7 Å². The van der Waals surface area contributed by atoms with Gasteiger partial charge in [-0.2, -0.15) is 0 Å². The third-order valence-corrected chi connectivity index (χ3v) is 6.74. The molecule has 3 aliphatic rings. The summed E-state index contributed by atoms with van der Waals surface area (Å²) in [6.07, 6.45) is 4.05. The summed E-state index contributed by atoms with van der Waals surface area (Å²) in [7, 11) is 1.27. The van der Waals surface area contributed by atoms with Crippen LogP contribution in [0.15, 0.2) is 46.8 Å². The lowest BCUT2D eigenvalue weighted by Gasteiger charge is -2.38. The number of ether oxygens (including phenoxy) is 2. The molecule has 0 saturated heterocycles. The zero-order valence-electron chi connectivity index (χ0n) is 18.6. The molecule has 32 heavy (non-hydrogen) atoms. The van der Waals surface area contributed by atoms with Crippen molar-refractivity contribution >= 4 is 17.7 Å². The van der Waals surface area contributed by atoms with Gasteiger partial charge in [-0.25, -0.2) is 4.79 Å². The van der Waals surface area contributed by atoms with Gasteiger partial charge in [0.2, 0.25) is 0 Å². The number of allylic oxidation sites excluding steroid dienone is 3. The maximum absolute atomic E-state index is 13.6. The molecule has 170 valence electrons. The third kappa shape index (κ3) is 3.92. The van der Waals surface area contributed by atoms with Crippen LogP contribution in [-0.4, -0.2) is 36.0 Å². The average molecular weight is 440 g/mol. The van der Waals surface area contributed by atoms with E-state index in [2.05, 4.69) is 5.32 Å². The van der Waals surface area contributed by atoms with Crippen molar-refractivity contribution in [1.29, 1.82) is 0 Å². The maximum atomic E-state index is 13.6. The molecule has 0 aromatic heterocycles. The quantitative estimate of drug-likeness (QED) is 0.547. The standard InChI is InChI=1S/C25H29NO6/c1-13-11-18-22(23(28)19(13)24(29)31-3)21(15-7-6-8-16(27)12-15)20(14(2)26-18)25(30)32-17-9-4-5-10-17/h6-8,12-13,17,19,21,26-27H,4-5,9-11H2,1-3H3/t13-,19+,21-/m0/s1. The van der Waals surface area contributed by atoms with E-state index in [4.69, 9.17) is 9.47 Å². The highest BCUT2D eigenvalue weighted by atomic mass is 16.5. The van der Waals surface area contributed by atoms with Crippen molar-refractivity contribution in [2.45, 2.75) is 58.0 Å².